The van der Waals surface area contributed by atoms with E-state index in [0.717, 1.165) is 0 Å². The van der Waals surface area contributed by atoms with Crippen molar-refractivity contribution in [3.8, 4) is 0 Å². The van der Waals surface area contributed by atoms with E-state index in [1.807, 2.05) is 6.92 Å². The second kappa shape index (κ2) is 5.79. The first-order chi connectivity index (χ1) is 7.81. The van der Waals surface area contributed by atoms with Crippen molar-refractivity contribution in [2.24, 2.45) is 11.3 Å². The van der Waals surface area contributed by atoms with E-state index in [1.165, 1.54) is 12.1 Å². The highest BCUT2D eigenvalue weighted by Gasteiger charge is 2.30. The maximum absolute atomic E-state index is 13.9. The van der Waals surface area contributed by atoms with E-state index in [-0.39, 0.29) is 11.0 Å². The number of benzene rings is 1. The summed E-state index contributed by atoms with van der Waals surface area (Å²) in [7, 11) is 0. The van der Waals surface area contributed by atoms with Crippen LogP contribution in [0.25, 0.3) is 0 Å². The second-order valence-electron chi connectivity index (χ2n) is 4.94. The average molecular weight is 370 g/mol. The van der Waals surface area contributed by atoms with Crippen molar-refractivity contribution in [1.82, 2.24) is 0 Å². The first-order valence-electron chi connectivity index (χ1n) is 5.50. The van der Waals surface area contributed by atoms with Crippen molar-refractivity contribution >= 4 is 31.9 Å². The van der Waals surface area contributed by atoms with Gasteiger partial charge in [-0.25, -0.2) is 8.78 Å². The van der Waals surface area contributed by atoms with Crippen molar-refractivity contribution in [1.29, 1.82) is 0 Å². The molecule has 1 rings (SSSR count). The monoisotopic (exact) mass is 368 g/mol. The summed E-state index contributed by atoms with van der Waals surface area (Å²) in [4.78, 5) is 0. The summed E-state index contributed by atoms with van der Waals surface area (Å²) in [6.07, 6.45) is 0.382. The summed E-state index contributed by atoms with van der Waals surface area (Å²) in [5.74, 6) is -0.629. The molecule has 4 heteroatoms. The van der Waals surface area contributed by atoms with E-state index in [4.69, 9.17) is 0 Å². The maximum atomic E-state index is 13.9. The molecule has 0 radical (unpaired) electrons. The molecule has 1 aromatic rings. The molecule has 0 amide bonds. The van der Waals surface area contributed by atoms with Crippen LogP contribution >= 0.6 is 31.9 Å². The molecule has 96 valence electrons. The molecule has 1 unspecified atom stereocenters. The van der Waals surface area contributed by atoms with Gasteiger partial charge >= 0.3 is 0 Å². The first kappa shape index (κ1) is 15.1. The third-order valence-electron chi connectivity index (χ3n) is 3.42. The van der Waals surface area contributed by atoms with Gasteiger partial charge in [0.15, 0.2) is 0 Å². The average Bonchev–Trinajstić information content (AvgIpc) is 2.29. The minimum Gasteiger partial charge on any atom is -0.207 e. The van der Waals surface area contributed by atoms with E-state index in [9.17, 15) is 8.78 Å². The summed E-state index contributed by atoms with van der Waals surface area (Å²) in [5.41, 5.74) is -0.00215. The topological polar surface area (TPSA) is 0 Å². The van der Waals surface area contributed by atoms with E-state index >= 15 is 0 Å². The fourth-order valence-electron chi connectivity index (χ4n) is 1.54. The minimum atomic E-state index is -0.488. The van der Waals surface area contributed by atoms with Gasteiger partial charge in [0, 0.05) is 10.9 Å². The van der Waals surface area contributed by atoms with Crippen LogP contribution in [0.3, 0.4) is 0 Å². The van der Waals surface area contributed by atoms with Gasteiger partial charge in [-0.3, -0.25) is 0 Å². The quantitative estimate of drug-likeness (QED) is 0.497. The van der Waals surface area contributed by atoms with Gasteiger partial charge in [-0.05, 0) is 45.8 Å². The van der Waals surface area contributed by atoms with E-state index < -0.39 is 11.6 Å². The lowest BCUT2D eigenvalue weighted by atomic mass is 9.76. The first-order valence-corrected chi connectivity index (χ1v) is 7.41. The molecule has 0 saturated carbocycles. The molecule has 0 fully saturated rings. The summed E-state index contributed by atoms with van der Waals surface area (Å²) >= 11 is 6.53. The number of halogens is 4. The summed E-state index contributed by atoms with van der Waals surface area (Å²) < 4.78 is 27.9. The Bertz CT molecular complexity index is 405. The molecule has 0 bridgehead atoms. The minimum absolute atomic E-state index is 0.162. The van der Waals surface area contributed by atoms with Crippen LogP contribution < -0.4 is 0 Å². The normalized spacial score (nSPS) is 15.1. The lowest BCUT2D eigenvalue weighted by molar-refractivity contribution is 0.251. The Kier molecular flexibility index (Phi) is 5.14. The van der Waals surface area contributed by atoms with Crippen LogP contribution in [-0.2, 0) is 6.42 Å². The highest BCUT2D eigenvalue weighted by molar-refractivity contribution is 9.10. The Hall–Kier alpha value is 0.0400. The van der Waals surface area contributed by atoms with Crippen LogP contribution in [0.4, 0.5) is 8.78 Å². The van der Waals surface area contributed by atoms with Crippen molar-refractivity contribution in [3.63, 3.8) is 0 Å². The Balaban J connectivity index is 3.14. The fourth-order valence-corrected chi connectivity index (χ4v) is 2.76. The highest BCUT2D eigenvalue weighted by Crippen LogP contribution is 2.35. The number of hydrogen-bond acceptors (Lipinski definition) is 0. The molecule has 0 saturated heterocycles. The predicted molar refractivity (Wildman–Crippen MR) is 74.5 cm³/mol. The van der Waals surface area contributed by atoms with Gasteiger partial charge in [0.2, 0.25) is 0 Å². The molecule has 0 heterocycles. The Morgan fingerprint density at radius 1 is 1.29 bits per heavy atom. The molecule has 0 N–H and O–H groups in total. The van der Waals surface area contributed by atoms with Crippen LogP contribution in [0.2, 0.25) is 0 Å². The van der Waals surface area contributed by atoms with E-state index in [2.05, 4.69) is 45.7 Å². The zero-order valence-electron chi connectivity index (χ0n) is 10.2. The molecular formula is C13H16Br2F2. The molecule has 0 nitrogen and oxygen atoms in total. The van der Waals surface area contributed by atoms with E-state index in [1.54, 1.807) is 0 Å². The van der Waals surface area contributed by atoms with Gasteiger partial charge in [0.05, 0.1) is 4.47 Å². The van der Waals surface area contributed by atoms with Crippen LogP contribution in [0, 0.1) is 23.0 Å². The Morgan fingerprint density at radius 3 is 2.35 bits per heavy atom. The van der Waals surface area contributed by atoms with Crippen molar-refractivity contribution in [3.05, 3.63) is 33.8 Å². The molecule has 0 spiro atoms. The molecule has 1 aromatic carbocycles. The number of hydrogen-bond donors (Lipinski definition) is 0. The second-order valence-corrected chi connectivity index (χ2v) is 6.36. The molecule has 0 aliphatic rings. The molecule has 0 aromatic heterocycles. The van der Waals surface area contributed by atoms with Crippen molar-refractivity contribution in [2.45, 2.75) is 27.2 Å². The predicted octanol–water partition coefficient (Wildman–Crippen LogP) is 5.33. The molecule has 1 atom stereocenters. The van der Waals surface area contributed by atoms with Gasteiger partial charge in [-0.15, -0.1) is 0 Å². The molecule has 17 heavy (non-hydrogen) atoms. The van der Waals surface area contributed by atoms with Crippen molar-refractivity contribution < 1.29 is 8.78 Å². The largest absolute Gasteiger partial charge is 0.207 e. The van der Waals surface area contributed by atoms with Crippen molar-refractivity contribution in [2.75, 3.05) is 5.33 Å². The van der Waals surface area contributed by atoms with Crippen LogP contribution in [0.15, 0.2) is 16.6 Å². The number of rotatable bonds is 4. The number of alkyl halides is 1. The molecular weight excluding hydrogens is 354 g/mol. The third kappa shape index (κ3) is 3.28. The molecule has 0 aliphatic carbocycles. The van der Waals surface area contributed by atoms with E-state index in [0.29, 0.717) is 22.1 Å². The van der Waals surface area contributed by atoms with Gasteiger partial charge in [0.1, 0.15) is 11.6 Å². The lowest BCUT2D eigenvalue weighted by Crippen LogP contribution is -2.29. The lowest BCUT2D eigenvalue weighted by Gasteiger charge is -2.32. The van der Waals surface area contributed by atoms with Gasteiger partial charge < -0.3 is 0 Å². The zero-order chi connectivity index (χ0) is 13.2. The Labute approximate surface area is 118 Å². The third-order valence-corrected chi connectivity index (χ3v) is 5.31. The smallest absolute Gasteiger partial charge is 0.143 e. The van der Waals surface area contributed by atoms with Gasteiger partial charge in [-0.1, -0.05) is 36.7 Å². The zero-order valence-corrected chi connectivity index (χ0v) is 13.3. The molecule has 0 aliphatic heterocycles. The summed E-state index contributed by atoms with van der Waals surface area (Å²) in [6, 6.07) is 2.70. The highest BCUT2D eigenvalue weighted by atomic mass is 79.9. The SMILES string of the molecule is CC(C)C(C)(CBr)Cc1c(F)ccc(Br)c1F. The maximum Gasteiger partial charge on any atom is 0.143 e. The summed E-state index contributed by atoms with van der Waals surface area (Å²) in [5, 5.41) is 0.711. The fraction of sp³-hybridized carbons (Fsp3) is 0.538. The summed E-state index contributed by atoms with van der Waals surface area (Å²) in [6.45, 7) is 6.16. The van der Waals surface area contributed by atoms with Crippen LogP contribution in [0.1, 0.15) is 26.3 Å². The van der Waals surface area contributed by atoms with Crippen LogP contribution in [-0.4, -0.2) is 5.33 Å². The van der Waals surface area contributed by atoms with Gasteiger partial charge in [-0.2, -0.15) is 0 Å². The standard InChI is InChI=1S/C13H16Br2F2/c1-8(2)13(3,7-14)6-9-11(16)5-4-10(15)12(9)17/h4-5,8H,6-7H2,1-3H3. The Morgan fingerprint density at radius 2 is 1.88 bits per heavy atom. The van der Waals surface area contributed by atoms with Gasteiger partial charge in [0.25, 0.3) is 0 Å². The van der Waals surface area contributed by atoms with Crippen LogP contribution in [0.5, 0.6) is 0 Å².